The highest BCUT2D eigenvalue weighted by molar-refractivity contribution is 7.89. The summed E-state index contributed by atoms with van der Waals surface area (Å²) in [5, 5.41) is 11.3. The Labute approximate surface area is 285 Å². The SMILES string of the molecule is COCCCN1CCOc2ccc(CO[C@H]3CN(S(=O)(=O)c4ccc(C)cc4)[C@@H](C[C@@](C)(O)COC)C[C@@H]3c3ccc(OC)cc3)cc21. The molecule has 262 valence electrons. The van der Waals surface area contributed by atoms with Gasteiger partial charge in [-0.2, -0.15) is 4.31 Å². The highest BCUT2D eigenvalue weighted by Crippen LogP contribution is 2.40. The van der Waals surface area contributed by atoms with E-state index in [-0.39, 0.29) is 30.4 Å². The number of hydrogen-bond donors (Lipinski definition) is 1. The lowest BCUT2D eigenvalue weighted by atomic mass is 9.81. The molecule has 0 aliphatic carbocycles. The maximum Gasteiger partial charge on any atom is 0.243 e. The van der Waals surface area contributed by atoms with E-state index < -0.39 is 27.8 Å². The van der Waals surface area contributed by atoms with Crippen molar-refractivity contribution < 1.29 is 37.2 Å². The minimum absolute atomic E-state index is 0.0829. The molecule has 5 rings (SSSR count). The van der Waals surface area contributed by atoms with Gasteiger partial charge in [-0.1, -0.05) is 35.9 Å². The molecular weight excluding hydrogens is 632 g/mol. The summed E-state index contributed by atoms with van der Waals surface area (Å²) in [6.45, 7) is 7.09. The normalized spacial score (nSPS) is 21.3. The second-order valence-electron chi connectivity index (χ2n) is 13.1. The van der Waals surface area contributed by atoms with E-state index in [0.29, 0.717) is 26.2 Å². The molecule has 2 aliphatic heterocycles. The average molecular weight is 683 g/mol. The molecule has 1 fully saturated rings. The smallest absolute Gasteiger partial charge is 0.243 e. The fraction of sp³-hybridized carbons (Fsp3) is 0.514. The maximum absolute atomic E-state index is 14.3. The Hall–Kier alpha value is -3.19. The van der Waals surface area contributed by atoms with Gasteiger partial charge in [0.25, 0.3) is 0 Å². The number of benzene rings is 3. The van der Waals surface area contributed by atoms with Crippen molar-refractivity contribution in [3.05, 3.63) is 83.4 Å². The number of anilines is 1. The van der Waals surface area contributed by atoms with Crippen LogP contribution in [0.5, 0.6) is 11.5 Å². The first kappa shape index (κ1) is 36.1. The predicted molar refractivity (Wildman–Crippen MR) is 186 cm³/mol. The number of sulfonamides is 1. The van der Waals surface area contributed by atoms with Crippen molar-refractivity contribution in [1.82, 2.24) is 4.31 Å². The van der Waals surface area contributed by atoms with Gasteiger partial charge in [-0.3, -0.25) is 0 Å². The number of aryl methyl sites for hydroxylation is 1. The first-order valence-corrected chi connectivity index (χ1v) is 18.0. The summed E-state index contributed by atoms with van der Waals surface area (Å²) in [7, 11) is 0.947. The first-order chi connectivity index (χ1) is 23.0. The third kappa shape index (κ3) is 8.69. The van der Waals surface area contributed by atoms with Gasteiger partial charge in [-0.15, -0.1) is 0 Å². The zero-order valence-electron chi connectivity index (χ0n) is 28.8. The third-order valence-electron chi connectivity index (χ3n) is 9.27. The van der Waals surface area contributed by atoms with Gasteiger partial charge in [0.1, 0.15) is 18.1 Å². The fourth-order valence-electron chi connectivity index (χ4n) is 6.83. The summed E-state index contributed by atoms with van der Waals surface area (Å²) >= 11 is 0. The summed E-state index contributed by atoms with van der Waals surface area (Å²) in [4.78, 5) is 2.53. The van der Waals surface area contributed by atoms with Crippen molar-refractivity contribution in [3.63, 3.8) is 0 Å². The van der Waals surface area contributed by atoms with Crippen LogP contribution < -0.4 is 14.4 Å². The summed E-state index contributed by atoms with van der Waals surface area (Å²) in [5.41, 5.74) is 2.76. The van der Waals surface area contributed by atoms with Crippen molar-refractivity contribution in [3.8, 4) is 11.5 Å². The maximum atomic E-state index is 14.3. The monoisotopic (exact) mass is 682 g/mol. The predicted octanol–water partition coefficient (Wildman–Crippen LogP) is 5.16. The van der Waals surface area contributed by atoms with Crippen molar-refractivity contribution in [2.75, 3.05) is 65.7 Å². The second-order valence-corrected chi connectivity index (χ2v) is 15.0. The van der Waals surface area contributed by atoms with Crippen LogP contribution in [0.3, 0.4) is 0 Å². The molecule has 2 heterocycles. The van der Waals surface area contributed by atoms with E-state index in [2.05, 4.69) is 11.0 Å². The number of rotatable bonds is 15. The molecule has 48 heavy (non-hydrogen) atoms. The fourth-order valence-corrected chi connectivity index (χ4v) is 8.48. The van der Waals surface area contributed by atoms with Crippen LogP contribution in [-0.2, 0) is 30.8 Å². The highest BCUT2D eigenvalue weighted by Gasteiger charge is 2.45. The molecule has 2 aliphatic rings. The Morgan fingerprint density at radius 1 is 1.00 bits per heavy atom. The number of ether oxygens (including phenoxy) is 5. The number of aliphatic hydroxyl groups is 1. The molecule has 10 nitrogen and oxygen atoms in total. The Kier molecular flexibility index (Phi) is 12.0. The van der Waals surface area contributed by atoms with Crippen LogP contribution in [0.25, 0.3) is 0 Å². The Morgan fingerprint density at radius 2 is 1.75 bits per heavy atom. The summed E-state index contributed by atoms with van der Waals surface area (Å²) < 4.78 is 58.8. The second kappa shape index (κ2) is 16.0. The van der Waals surface area contributed by atoms with Gasteiger partial charge in [0, 0.05) is 45.9 Å². The number of piperidine rings is 1. The van der Waals surface area contributed by atoms with Gasteiger partial charge in [-0.25, -0.2) is 8.42 Å². The lowest BCUT2D eigenvalue weighted by Crippen LogP contribution is -2.54. The quantitative estimate of drug-likeness (QED) is 0.218. The van der Waals surface area contributed by atoms with Crippen LogP contribution >= 0.6 is 0 Å². The number of hydrogen-bond acceptors (Lipinski definition) is 9. The summed E-state index contributed by atoms with van der Waals surface area (Å²) in [5.74, 6) is 1.44. The van der Waals surface area contributed by atoms with E-state index in [9.17, 15) is 13.5 Å². The highest BCUT2D eigenvalue weighted by atomic mass is 32.2. The molecule has 3 aromatic carbocycles. The Bertz CT molecular complexity index is 1580. The molecule has 11 heteroatoms. The molecule has 0 bridgehead atoms. The summed E-state index contributed by atoms with van der Waals surface area (Å²) in [6.07, 6.45) is 1.10. The van der Waals surface area contributed by atoms with Gasteiger partial charge < -0.3 is 33.7 Å². The lowest BCUT2D eigenvalue weighted by molar-refractivity contribution is -0.0587. The van der Waals surface area contributed by atoms with E-state index in [1.165, 1.54) is 11.4 Å². The molecule has 4 atom stereocenters. The van der Waals surface area contributed by atoms with Gasteiger partial charge >= 0.3 is 0 Å². The van der Waals surface area contributed by atoms with Crippen LogP contribution in [-0.4, -0.2) is 96.4 Å². The van der Waals surface area contributed by atoms with Gasteiger partial charge in [0.15, 0.2) is 0 Å². The Balaban J connectivity index is 1.47. The van der Waals surface area contributed by atoms with E-state index >= 15 is 0 Å². The molecule has 0 saturated carbocycles. The number of methoxy groups -OCH3 is 3. The molecule has 0 amide bonds. The van der Waals surface area contributed by atoms with Crippen molar-refractivity contribution in [2.24, 2.45) is 0 Å². The zero-order chi connectivity index (χ0) is 34.3. The number of fused-ring (bicyclic) bond motifs is 1. The van der Waals surface area contributed by atoms with Crippen molar-refractivity contribution >= 4 is 15.7 Å². The van der Waals surface area contributed by atoms with Crippen LogP contribution in [0, 0.1) is 6.92 Å². The van der Waals surface area contributed by atoms with Crippen molar-refractivity contribution in [1.29, 1.82) is 0 Å². The van der Waals surface area contributed by atoms with Crippen LogP contribution in [0.2, 0.25) is 0 Å². The minimum Gasteiger partial charge on any atom is -0.497 e. The van der Waals surface area contributed by atoms with Gasteiger partial charge in [0.05, 0.1) is 49.2 Å². The van der Waals surface area contributed by atoms with Crippen LogP contribution in [0.15, 0.2) is 71.6 Å². The van der Waals surface area contributed by atoms with Crippen LogP contribution in [0.1, 0.15) is 48.8 Å². The number of nitrogens with zero attached hydrogens (tertiary/aromatic N) is 2. The standard InChI is InChI=1S/C37H50N2O8S/c1-27-7-14-32(15-8-27)48(41,42)39-24-36(47-25-28-9-16-35-34(21-28)38(18-20-46-35)17-6-19-43-3)33(29-10-12-31(45-5)13-11-29)22-30(39)23-37(2,40)26-44-4/h7-16,21,30,33,36,40H,6,17-20,22-26H2,1-5H3/t30-,33-,36+,37-/m1/s1. The molecule has 0 aromatic heterocycles. The van der Waals surface area contributed by atoms with Gasteiger partial charge in [-0.05, 0) is 80.6 Å². The first-order valence-electron chi connectivity index (χ1n) is 16.6. The molecule has 3 aromatic rings. The zero-order valence-corrected chi connectivity index (χ0v) is 29.6. The van der Waals surface area contributed by atoms with E-state index in [1.807, 2.05) is 43.3 Å². The molecule has 0 unspecified atom stereocenters. The van der Waals surface area contributed by atoms with Crippen LogP contribution in [0.4, 0.5) is 5.69 Å². The van der Waals surface area contributed by atoms with Crippen molar-refractivity contribution in [2.45, 2.75) is 68.3 Å². The molecule has 1 N–H and O–H groups in total. The lowest BCUT2D eigenvalue weighted by Gasteiger charge is -2.45. The minimum atomic E-state index is -3.93. The van der Waals surface area contributed by atoms with E-state index in [1.54, 1.807) is 45.4 Å². The topological polar surface area (TPSA) is 107 Å². The molecule has 0 spiro atoms. The van der Waals surface area contributed by atoms with E-state index in [4.69, 9.17) is 23.7 Å². The van der Waals surface area contributed by atoms with Gasteiger partial charge in [0.2, 0.25) is 10.0 Å². The summed E-state index contributed by atoms with van der Waals surface area (Å²) in [6, 6.07) is 20.4. The van der Waals surface area contributed by atoms with E-state index in [0.717, 1.165) is 53.4 Å². The molecule has 1 saturated heterocycles. The molecule has 0 radical (unpaired) electrons. The Morgan fingerprint density at radius 3 is 2.44 bits per heavy atom. The largest absolute Gasteiger partial charge is 0.497 e. The average Bonchev–Trinajstić information content (AvgIpc) is 3.07. The molecular formula is C37H50N2O8S. The third-order valence-corrected chi connectivity index (χ3v) is 11.2.